The molecule has 1 aliphatic carbocycles. The predicted molar refractivity (Wildman–Crippen MR) is 76.8 cm³/mol. The number of aromatic nitrogens is 2. The van der Waals surface area contributed by atoms with Gasteiger partial charge in [0.1, 0.15) is 5.82 Å². The van der Waals surface area contributed by atoms with Crippen molar-refractivity contribution in [3.8, 4) is 11.3 Å². The van der Waals surface area contributed by atoms with Crippen molar-refractivity contribution < 1.29 is 0 Å². The molecule has 0 amide bonds. The van der Waals surface area contributed by atoms with Crippen LogP contribution in [-0.4, -0.2) is 16.0 Å². The average molecular weight is 253 g/mol. The molecule has 1 heterocycles. The molecule has 0 unspecified atom stereocenters. The molecule has 1 aromatic heterocycles. The second-order valence-corrected chi connectivity index (χ2v) is 5.28. The lowest BCUT2D eigenvalue weighted by molar-refractivity contribution is 0.338. The van der Waals surface area contributed by atoms with E-state index in [1.807, 2.05) is 12.3 Å². The molecule has 98 valence electrons. The molecule has 19 heavy (non-hydrogen) atoms. The molecular weight excluding hydrogens is 234 g/mol. The van der Waals surface area contributed by atoms with Gasteiger partial charge in [0.05, 0.1) is 5.69 Å². The summed E-state index contributed by atoms with van der Waals surface area (Å²) in [5.41, 5.74) is 9.35. The van der Waals surface area contributed by atoms with E-state index in [2.05, 4.69) is 41.2 Å². The summed E-state index contributed by atoms with van der Waals surface area (Å²) in [5.74, 6) is 1.39. The Bertz CT molecular complexity index is 556. The minimum absolute atomic E-state index is 0.334. The van der Waals surface area contributed by atoms with E-state index in [9.17, 15) is 0 Å². The Morgan fingerprint density at radius 3 is 2.53 bits per heavy atom. The van der Waals surface area contributed by atoms with Crippen LogP contribution in [0.15, 0.2) is 36.5 Å². The number of benzene rings is 1. The standard InChI is InChI=1S/C16H19N3/c1-2-11-3-5-12(6-4-11)15-7-8-18-16(19-15)13-9-14(17)10-13/h3-8,13-14H,2,9-10,17H2,1H3. The van der Waals surface area contributed by atoms with Crippen LogP contribution in [0.25, 0.3) is 11.3 Å². The van der Waals surface area contributed by atoms with Crippen molar-refractivity contribution in [2.75, 3.05) is 0 Å². The summed E-state index contributed by atoms with van der Waals surface area (Å²) in [5, 5.41) is 0. The summed E-state index contributed by atoms with van der Waals surface area (Å²) in [4.78, 5) is 9.08. The van der Waals surface area contributed by atoms with E-state index in [0.29, 0.717) is 12.0 Å². The van der Waals surface area contributed by atoms with Crippen molar-refractivity contribution in [1.29, 1.82) is 0 Å². The van der Waals surface area contributed by atoms with Gasteiger partial charge in [-0.1, -0.05) is 31.2 Å². The van der Waals surface area contributed by atoms with E-state index in [1.165, 1.54) is 5.56 Å². The van der Waals surface area contributed by atoms with Gasteiger partial charge >= 0.3 is 0 Å². The number of nitrogens with two attached hydrogens (primary N) is 1. The zero-order valence-electron chi connectivity index (χ0n) is 11.2. The van der Waals surface area contributed by atoms with Gasteiger partial charge in [-0.15, -0.1) is 0 Å². The van der Waals surface area contributed by atoms with Crippen LogP contribution in [0.2, 0.25) is 0 Å². The van der Waals surface area contributed by atoms with Crippen LogP contribution >= 0.6 is 0 Å². The van der Waals surface area contributed by atoms with Crippen LogP contribution < -0.4 is 5.73 Å². The molecule has 0 radical (unpaired) electrons. The molecule has 3 heteroatoms. The number of hydrogen-bond acceptors (Lipinski definition) is 3. The molecule has 2 aromatic rings. The molecule has 0 aliphatic heterocycles. The summed E-state index contributed by atoms with van der Waals surface area (Å²) in [6, 6.07) is 10.9. The van der Waals surface area contributed by atoms with Crippen molar-refractivity contribution in [1.82, 2.24) is 9.97 Å². The second-order valence-electron chi connectivity index (χ2n) is 5.28. The minimum Gasteiger partial charge on any atom is -0.328 e. The summed E-state index contributed by atoms with van der Waals surface area (Å²) in [6.45, 7) is 2.16. The normalized spacial score (nSPS) is 22.0. The predicted octanol–water partition coefficient (Wildman–Crippen LogP) is 2.91. The van der Waals surface area contributed by atoms with Crippen LogP contribution in [0.4, 0.5) is 0 Å². The highest BCUT2D eigenvalue weighted by atomic mass is 14.9. The number of nitrogens with zero attached hydrogens (tertiary/aromatic N) is 2. The largest absolute Gasteiger partial charge is 0.328 e. The minimum atomic E-state index is 0.334. The van der Waals surface area contributed by atoms with E-state index < -0.39 is 0 Å². The molecule has 0 saturated heterocycles. The summed E-state index contributed by atoms with van der Waals surface area (Å²) in [6.07, 6.45) is 4.95. The van der Waals surface area contributed by atoms with Gasteiger partial charge in [-0.05, 0) is 30.9 Å². The molecule has 1 aliphatic rings. The molecule has 3 rings (SSSR count). The van der Waals surface area contributed by atoms with Crippen molar-refractivity contribution in [3.63, 3.8) is 0 Å². The smallest absolute Gasteiger partial charge is 0.132 e. The molecule has 1 fully saturated rings. The molecule has 0 atom stereocenters. The maximum atomic E-state index is 5.83. The lowest BCUT2D eigenvalue weighted by Crippen LogP contribution is -2.35. The van der Waals surface area contributed by atoms with Gasteiger partial charge in [0.25, 0.3) is 0 Å². The van der Waals surface area contributed by atoms with E-state index >= 15 is 0 Å². The number of aryl methyl sites for hydroxylation is 1. The zero-order chi connectivity index (χ0) is 13.2. The maximum Gasteiger partial charge on any atom is 0.132 e. The quantitative estimate of drug-likeness (QED) is 0.915. The van der Waals surface area contributed by atoms with Crippen molar-refractivity contribution >= 4 is 0 Å². The molecule has 0 spiro atoms. The Morgan fingerprint density at radius 2 is 1.89 bits per heavy atom. The first-order chi connectivity index (χ1) is 9.26. The van der Waals surface area contributed by atoms with Gasteiger partial charge in [0.2, 0.25) is 0 Å². The maximum absolute atomic E-state index is 5.83. The zero-order valence-corrected chi connectivity index (χ0v) is 11.2. The van der Waals surface area contributed by atoms with Crippen LogP contribution in [0.3, 0.4) is 0 Å². The van der Waals surface area contributed by atoms with E-state index in [4.69, 9.17) is 5.73 Å². The monoisotopic (exact) mass is 253 g/mol. The third-order valence-corrected chi connectivity index (χ3v) is 3.87. The van der Waals surface area contributed by atoms with Crippen molar-refractivity contribution in [2.45, 2.75) is 38.1 Å². The molecule has 2 N–H and O–H groups in total. The highest BCUT2D eigenvalue weighted by Crippen LogP contribution is 2.34. The first kappa shape index (κ1) is 12.3. The van der Waals surface area contributed by atoms with Gasteiger partial charge in [-0.2, -0.15) is 0 Å². The fourth-order valence-electron chi connectivity index (χ4n) is 2.52. The number of hydrogen-bond donors (Lipinski definition) is 1. The fourth-order valence-corrected chi connectivity index (χ4v) is 2.52. The average Bonchev–Trinajstić information content (AvgIpc) is 2.44. The molecule has 1 aromatic carbocycles. The molecule has 0 bridgehead atoms. The third kappa shape index (κ3) is 2.51. The highest BCUT2D eigenvalue weighted by Gasteiger charge is 2.29. The van der Waals surface area contributed by atoms with Crippen LogP contribution in [-0.2, 0) is 6.42 Å². The Morgan fingerprint density at radius 1 is 1.16 bits per heavy atom. The summed E-state index contributed by atoms with van der Waals surface area (Å²) in [7, 11) is 0. The van der Waals surface area contributed by atoms with Gasteiger partial charge < -0.3 is 5.73 Å². The van der Waals surface area contributed by atoms with Crippen molar-refractivity contribution in [2.24, 2.45) is 5.73 Å². The van der Waals surface area contributed by atoms with E-state index in [0.717, 1.165) is 36.3 Å². The van der Waals surface area contributed by atoms with Gasteiger partial charge in [-0.3, -0.25) is 0 Å². The lowest BCUT2D eigenvalue weighted by atomic mass is 9.80. The van der Waals surface area contributed by atoms with Crippen molar-refractivity contribution in [3.05, 3.63) is 47.9 Å². The van der Waals surface area contributed by atoms with Gasteiger partial charge in [-0.25, -0.2) is 9.97 Å². The Kier molecular flexibility index (Phi) is 3.30. The van der Waals surface area contributed by atoms with Gasteiger partial charge in [0.15, 0.2) is 0 Å². The van der Waals surface area contributed by atoms with E-state index in [1.54, 1.807) is 0 Å². The number of rotatable bonds is 3. The van der Waals surface area contributed by atoms with Gasteiger partial charge in [0, 0.05) is 23.7 Å². The first-order valence-corrected chi connectivity index (χ1v) is 6.94. The summed E-state index contributed by atoms with van der Waals surface area (Å²) < 4.78 is 0. The fraction of sp³-hybridized carbons (Fsp3) is 0.375. The second kappa shape index (κ2) is 5.10. The van der Waals surface area contributed by atoms with E-state index in [-0.39, 0.29) is 0 Å². The molecule has 3 nitrogen and oxygen atoms in total. The first-order valence-electron chi connectivity index (χ1n) is 6.94. The van der Waals surface area contributed by atoms with Crippen LogP contribution in [0, 0.1) is 0 Å². The van der Waals surface area contributed by atoms with Crippen LogP contribution in [0.5, 0.6) is 0 Å². The lowest BCUT2D eigenvalue weighted by Gasteiger charge is -2.31. The van der Waals surface area contributed by atoms with Crippen LogP contribution in [0.1, 0.15) is 37.1 Å². The Balaban J connectivity index is 1.85. The Labute approximate surface area is 113 Å². The Hall–Kier alpha value is -1.74. The SMILES string of the molecule is CCc1ccc(-c2ccnc(C3CC(N)C3)n2)cc1. The third-order valence-electron chi connectivity index (χ3n) is 3.87. The highest BCUT2D eigenvalue weighted by molar-refractivity contribution is 5.59. The molecular formula is C16H19N3. The molecule has 1 saturated carbocycles. The topological polar surface area (TPSA) is 51.8 Å². The summed E-state index contributed by atoms with van der Waals surface area (Å²) >= 11 is 0.